The Morgan fingerprint density at radius 3 is 1.86 bits per heavy atom. The Labute approximate surface area is 205 Å². The van der Waals surface area contributed by atoms with E-state index in [0.29, 0.717) is 28.1 Å². The second kappa shape index (κ2) is 10.9. The number of ether oxygens (including phenoxy) is 1. The lowest BCUT2D eigenvalue weighted by Crippen LogP contribution is -2.15. The lowest BCUT2D eigenvalue weighted by molar-refractivity contribution is 0.104. The molecule has 4 rings (SSSR count). The molecule has 6 nitrogen and oxygen atoms in total. The first-order chi connectivity index (χ1) is 17.0. The molecular weight excluding hydrogens is 461 g/mol. The minimum atomic E-state index is -3.77. The largest absolute Gasteiger partial charge is 0.497 e. The fourth-order valence-electron chi connectivity index (χ4n) is 4.02. The van der Waals surface area contributed by atoms with Gasteiger partial charge >= 0.3 is 7.60 Å². The van der Waals surface area contributed by atoms with E-state index >= 15 is 0 Å². The van der Waals surface area contributed by atoms with E-state index in [-0.39, 0.29) is 24.4 Å². The lowest BCUT2D eigenvalue weighted by Gasteiger charge is -2.18. The molecule has 0 fully saturated rings. The van der Waals surface area contributed by atoms with Gasteiger partial charge in [0.05, 0.1) is 31.6 Å². The molecule has 7 heteroatoms. The van der Waals surface area contributed by atoms with Crippen molar-refractivity contribution >= 4 is 18.8 Å². The molecule has 0 saturated carbocycles. The summed E-state index contributed by atoms with van der Waals surface area (Å²) in [5, 5.41) is 0. The van der Waals surface area contributed by atoms with Crippen molar-refractivity contribution in [2.45, 2.75) is 13.8 Å². The molecule has 0 atom stereocenters. The van der Waals surface area contributed by atoms with Gasteiger partial charge in [0.1, 0.15) is 11.2 Å². The number of benzene rings is 3. The van der Waals surface area contributed by atoms with Crippen molar-refractivity contribution in [2.24, 2.45) is 0 Å². The SMILES string of the molecule is CCOP(=O)(OCC)c1[nH]c(-c2ccccc2)c(C(=O)c2ccc(OC)cc2)c1-c1ccccc1. The summed E-state index contributed by atoms with van der Waals surface area (Å²) in [6, 6.07) is 25.9. The van der Waals surface area contributed by atoms with Crippen LogP contribution in [0.1, 0.15) is 29.8 Å². The second-order valence-corrected chi connectivity index (χ2v) is 9.68. The minimum Gasteiger partial charge on any atom is -0.497 e. The van der Waals surface area contributed by atoms with Crippen LogP contribution in [0.25, 0.3) is 22.4 Å². The number of carbonyl (C=O) groups excluding carboxylic acids is 1. The summed E-state index contributed by atoms with van der Waals surface area (Å²) in [5.74, 6) is 0.437. The van der Waals surface area contributed by atoms with Crippen LogP contribution in [0, 0.1) is 0 Å². The summed E-state index contributed by atoms with van der Waals surface area (Å²) in [5.41, 5.74) is 3.74. The van der Waals surface area contributed by atoms with Gasteiger partial charge < -0.3 is 18.8 Å². The van der Waals surface area contributed by atoms with Crippen molar-refractivity contribution in [2.75, 3.05) is 20.3 Å². The molecule has 0 amide bonds. The summed E-state index contributed by atoms with van der Waals surface area (Å²) in [6.45, 7) is 3.90. The average molecular weight is 490 g/mol. The molecule has 1 N–H and O–H groups in total. The van der Waals surface area contributed by atoms with Crippen molar-refractivity contribution in [1.29, 1.82) is 0 Å². The molecule has 0 aliphatic carbocycles. The molecule has 1 aromatic heterocycles. The highest BCUT2D eigenvalue weighted by Crippen LogP contribution is 2.51. The van der Waals surface area contributed by atoms with Crippen molar-refractivity contribution in [3.05, 3.63) is 96.1 Å². The maximum atomic E-state index is 14.1. The van der Waals surface area contributed by atoms with Crippen LogP contribution in [-0.4, -0.2) is 31.1 Å². The number of aromatic amines is 1. The Bertz CT molecular complexity index is 1320. The van der Waals surface area contributed by atoms with Crippen molar-refractivity contribution in [3.63, 3.8) is 0 Å². The van der Waals surface area contributed by atoms with Crippen LogP contribution in [-0.2, 0) is 13.6 Å². The fraction of sp³-hybridized carbons (Fsp3) is 0.179. The zero-order valence-corrected chi connectivity index (χ0v) is 20.9. The lowest BCUT2D eigenvalue weighted by atomic mass is 9.93. The summed E-state index contributed by atoms with van der Waals surface area (Å²) < 4.78 is 30.7. The molecular formula is C28H28NO5P. The number of rotatable bonds is 10. The van der Waals surface area contributed by atoms with E-state index in [4.69, 9.17) is 13.8 Å². The van der Waals surface area contributed by atoms with Gasteiger partial charge in [0.15, 0.2) is 5.78 Å². The van der Waals surface area contributed by atoms with Crippen LogP contribution < -0.4 is 10.2 Å². The first-order valence-electron chi connectivity index (χ1n) is 11.5. The highest BCUT2D eigenvalue weighted by molar-refractivity contribution is 7.62. The summed E-state index contributed by atoms with van der Waals surface area (Å²) in [7, 11) is -2.19. The van der Waals surface area contributed by atoms with E-state index in [1.807, 2.05) is 60.7 Å². The van der Waals surface area contributed by atoms with Gasteiger partial charge in [0, 0.05) is 11.1 Å². The molecule has 35 heavy (non-hydrogen) atoms. The molecule has 0 aliphatic heterocycles. The monoisotopic (exact) mass is 489 g/mol. The Kier molecular flexibility index (Phi) is 7.67. The second-order valence-electron chi connectivity index (χ2n) is 7.72. The van der Waals surface area contributed by atoms with Crippen molar-refractivity contribution in [1.82, 2.24) is 4.98 Å². The highest BCUT2D eigenvalue weighted by atomic mass is 31.2. The van der Waals surface area contributed by atoms with E-state index in [9.17, 15) is 9.36 Å². The number of hydrogen-bond donors (Lipinski definition) is 1. The maximum absolute atomic E-state index is 14.1. The van der Waals surface area contributed by atoms with Gasteiger partial charge in [-0.05, 0) is 49.2 Å². The molecule has 3 aromatic carbocycles. The van der Waals surface area contributed by atoms with E-state index < -0.39 is 7.60 Å². The third-order valence-corrected chi connectivity index (χ3v) is 7.64. The first kappa shape index (κ1) is 24.7. The molecule has 0 unspecified atom stereocenters. The van der Waals surface area contributed by atoms with Gasteiger partial charge in [-0.3, -0.25) is 9.36 Å². The number of H-pyrrole nitrogens is 1. The topological polar surface area (TPSA) is 77.6 Å². The zero-order chi connectivity index (χ0) is 24.8. The van der Waals surface area contributed by atoms with Gasteiger partial charge in [-0.15, -0.1) is 0 Å². The van der Waals surface area contributed by atoms with Gasteiger partial charge in [-0.25, -0.2) is 0 Å². The van der Waals surface area contributed by atoms with Crippen LogP contribution in [0.2, 0.25) is 0 Å². The third-order valence-electron chi connectivity index (χ3n) is 5.56. The molecule has 1 heterocycles. The molecule has 0 aliphatic rings. The Morgan fingerprint density at radius 2 is 1.34 bits per heavy atom. The minimum absolute atomic E-state index is 0.187. The first-order valence-corrected chi connectivity index (χ1v) is 13.0. The predicted molar refractivity (Wildman–Crippen MR) is 139 cm³/mol. The average Bonchev–Trinajstić information content (AvgIpc) is 3.31. The van der Waals surface area contributed by atoms with Crippen LogP contribution in [0.5, 0.6) is 5.75 Å². The number of ketones is 1. The predicted octanol–water partition coefficient (Wildman–Crippen LogP) is 6.48. The van der Waals surface area contributed by atoms with Crippen LogP contribution in [0.15, 0.2) is 84.9 Å². The summed E-state index contributed by atoms with van der Waals surface area (Å²) in [6.07, 6.45) is 0. The van der Waals surface area contributed by atoms with E-state index in [0.717, 1.165) is 11.1 Å². The van der Waals surface area contributed by atoms with Crippen LogP contribution in [0.4, 0.5) is 0 Å². The number of carbonyl (C=O) groups is 1. The van der Waals surface area contributed by atoms with Gasteiger partial charge in [-0.1, -0.05) is 60.7 Å². The number of hydrogen-bond acceptors (Lipinski definition) is 5. The van der Waals surface area contributed by atoms with Crippen LogP contribution >= 0.6 is 7.60 Å². The number of nitrogens with one attached hydrogen (secondary N) is 1. The Balaban J connectivity index is 2.06. The molecule has 0 radical (unpaired) electrons. The molecule has 0 bridgehead atoms. The van der Waals surface area contributed by atoms with E-state index in [1.54, 1.807) is 45.2 Å². The summed E-state index contributed by atoms with van der Waals surface area (Å²) in [4.78, 5) is 17.3. The molecule has 0 spiro atoms. The highest BCUT2D eigenvalue weighted by Gasteiger charge is 2.37. The number of aromatic nitrogens is 1. The van der Waals surface area contributed by atoms with Crippen molar-refractivity contribution in [3.8, 4) is 28.1 Å². The smallest absolute Gasteiger partial charge is 0.378 e. The van der Waals surface area contributed by atoms with Gasteiger partial charge in [-0.2, -0.15) is 0 Å². The molecule has 4 aromatic rings. The van der Waals surface area contributed by atoms with Gasteiger partial charge in [0.2, 0.25) is 0 Å². The normalized spacial score (nSPS) is 11.4. The summed E-state index contributed by atoms with van der Waals surface area (Å²) >= 11 is 0. The fourth-order valence-corrected chi connectivity index (χ4v) is 5.80. The third kappa shape index (κ3) is 5.01. The Morgan fingerprint density at radius 1 is 0.800 bits per heavy atom. The van der Waals surface area contributed by atoms with Crippen LogP contribution in [0.3, 0.4) is 0 Å². The zero-order valence-electron chi connectivity index (χ0n) is 20.0. The Hall–Kier alpha value is -3.44. The quantitative estimate of drug-likeness (QED) is 0.204. The molecule has 180 valence electrons. The van der Waals surface area contributed by atoms with Gasteiger partial charge in [0.25, 0.3) is 0 Å². The van der Waals surface area contributed by atoms with E-state index in [1.165, 1.54) is 0 Å². The maximum Gasteiger partial charge on any atom is 0.378 e. The standard InChI is InChI=1S/C28H28NO5P/c1-4-33-35(31,34-5-2)28-24(20-12-8-6-9-13-20)25(26(29-28)21-14-10-7-11-15-21)27(30)22-16-18-23(32-3)19-17-22/h6-19,29H,4-5H2,1-3H3. The molecule has 0 saturated heterocycles. The number of methoxy groups -OCH3 is 1. The van der Waals surface area contributed by atoms with Crippen molar-refractivity contribution < 1.29 is 23.1 Å². The van der Waals surface area contributed by atoms with E-state index in [2.05, 4.69) is 4.98 Å².